The van der Waals surface area contributed by atoms with Crippen LogP contribution in [-0.2, 0) is 17.6 Å². The van der Waals surface area contributed by atoms with Crippen LogP contribution in [0.2, 0.25) is 0 Å². The van der Waals surface area contributed by atoms with Gasteiger partial charge in [-0.15, -0.1) is 5.10 Å². The van der Waals surface area contributed by atoms with Crippen LogP contribution in [0.3, 0.4) is 0 Å². The summed E-state index contributed by atoms with van der Waals surface area (Å²) in [4.78, 5) is 13.0. The van der Waals surface area contributed by atoms with Crippen molar-refractivity contribution in [3.8, 4) is 11.5 Å². The highest BCUT2D eigenvalue weighted by Gasteiger charge is 2.25. The summed E-state index contributed by atoms with van der Waals surface area (Å²) < 4.78 is 1.53. The fourth-order valence-corrected chi connectivity index (χ4v) is 3.09. The van der Waals surface area contributed by atoms with E-state index in [0.29, 0.717) is 18.7 Å². The number of aryl methyl sites for hydroxylation is 1. The predicted octanol–water partition coefficient (Wildman–Crippen LogP) is 1.92. The number of aromatic nitrogens is 4. The summed E-state index contributed by atoms with van der Waals surface area (Å²) >= 11 is 0. The lowest BCUT2D eigenvalue weighted by molar-refractivity contribution is -0.125. The second kappa shape index (κ2) is 8.51. The van der Waals surface area contributed by atoms with Gasteiger partial charge in [-0.25, -0.2) is 4.68 Å². The molecule has 3 rings (SSSR count). The lowest BCUT2D eigenvalue weighted by atomic mass is 10.0. The number of benzene rings is 2. The molecule has 8 nitrogen and oxygen atoms in total. The summed E-state index contributed by atoms with van der Waals surface area (Å²) in [5.41, 5.74) is 1.81. The number of rotatable bonds is 7. The van der Waals surface area contributed by atoms with Crippen molar-refractivity contribution in [3.05, 3.63) is 65.5 Å². The number of hydrogen-bond acceptors (Lipinski definition) is 6. The molecule has 0 fully saturated rings. The highest BCUT2D eigenvalue weighted by molar-refractivity contribution is 5.80. The summed E-state index contributed by atoms with van der Waals surface area (Å²) in [6, 6.07) is 13.6. The monoisotopic (exact) mass is 381 g/mol. The van der Waals surface area contributed by atoms with Crippen LogP contribution in [0.15, 0.2) is 48.5 Å². The third kappa shape index (κ3) is 4.64. The number of hydrogen-bond donors (Lipinski definition) is 3. The van der Waals surface area contributed by atoms with Gasteiger partial charge in [-0.3, -0.25) is 4.79 Å². The second-order valence-electron chi connectivity index (χ2n) is 6.81. The van der Waals surface area contributed by atoms with E-state index in [1.807, 2.05) is 37.3 Å². The van der Waals surface area contributed by atoms with Gasteiger partial charge < -0.3 is 15.5 Å². The van der Waals surface area contributed by atoms with Gasteiger partial charge in [0.2, 0.25) is 5.91 Å². The normalized spacial score (nSPS) is 13.1. The number of nitrogens with one attached hydrogen (secondary N) is 1. The highest BCUT2D eigenvalue weighted by Crippen LogP contribution is 2.25. The number of amides is 1. The van der Waals surface area contributed by atoms with Crippen LogP contribution in [0, 0.1) is 6.92 Å². The zero-order valence-corrected chi connectivity index (χ0v) is 15.8. The SMILES string of the molecule is Cc1nnnn1C(Cc1ccccc1)C(=O)NC(C)Cc1ccc(O)c(O)c1. The van der Waals surface area contributed by atoms with Gasteiger partial charge in [0.15, 0.2) is 11.5 Å². The molecule has 2 unspecified atom stereocenters. The summed E-state index contributed by atoms with van der Waals surface area (Å²) in [6.07, 6.45) is 0.970. The van der Waals surface area contributed by atoms with E-state index in [1.54, 1.807) is 13.0 Å². The van der Waals surface area contributed by atoms with Gasteiger partial charge in [-0.05, 0) is 54.0 Å². The van der Waals surface area contributed by atoms with Crippen molar-refractivity contribution in [3.63, 3.8) is 0 Å². The minimum atomic E-state index is -0.576. The molecule has 0 aliphatic carbocycles. The Morgan fingerprint density at radius 3 is 2.46 bits per heavy atom. The smallest absolute Gasteiger partial charge is 0.245 e. The molecule has 0 spiro atoms. The van der Waals surface area contributed by atoms with Gasteiger partial charge in [0.1, 0.15) is 11.9 Å². The van der Waals surface area contributed by atoms with Gasteiger partial charge in [0, 0.05) is 12.5 Å². The molecule has 1 aromatic heterocycles. The molecule has 0 saturated heterocycles. The molecule has 146 valence electrons. The van der Waals surface area contributed by atoms with Crippen LogP contribution in [0.4, 0.5) is 0 Å². The van der Waals surface area contributed by atoms with E-state index < -0.39 is 6.04 Å². The molecule has 0 bridgehead atoms. The maximum Gasteiger partial charge on any atom is 0.245 e. The molecule has 3 N–H and O–H groups in total. The quantitative estimate of drug-likeness (QED) is 0.539. The number of nitrogens with zero attached hydrogens (tertiary/aromatic N) is 4. The summed E-state index contributed by atoms with van der Waals surface area (Å²) in [6.45, 7) is 3.64. The standard InChI is InChI=1S/C20H23N5O3/c1-13(10-16-8-9-18(26)19(27)12-16)21-20(28)17(25-14(2)22-23-24-25)11-15-6-4-3-5-7-15/h3-9,12-13,17,26-27H,10-11H2,1-2H3,(H,21,28). The van der Waals surface area contributed by atoms with Gasteiger partial charge in [-0.1, -0.05) is 36.4 Å². The lowest BCUT2D eigenvalue weighted by Gasteiger charge is -2.21. The van der Waals surface area contributed by atoms with Gasteiger partial charge in [0.05, 0.1) is 0 Å². The van der Waals surface area contributed by atoms with Crippen molar-refractivity contribution < 1.29 is 15.0 Å². The van der Waals surface area contributed by atoms with Crippen LogP contribution in [0.25, 0.3) is 0 Å². The number of carbonyl (C=O) groups excluding carboxylic acids is 1. The number of phenols is 2. The molecular weight excluding hydrogens is 358 g/mol. The zero-order chi connectivity index (χ0) is 20.1. The first-order valence-corrected chi connectivity index (χ1v) is 9.03. The first kappa shape index (κ1) is 19.3. The first-order valence-electron chi connectivity index (χ1n) is 9.03. The molecule has 28 heavy (non-hydrogen) atoms. The summed E-state index contributed by atoms with van der Waals surface area (Å²) in [7, 11) is 0. The van der Waals surface area contributed by atoms with Crippen molar-refractivity contribution in [1.82, 2.24) is 25.5 Å². The van der Waals surface area contributed by atoms with E-state index in [-0.39, 0.29) is 23.4 Å². The largest absolute Gasteiger partial charge is 0.504 e. The van der Waals surface area contributed by atoms with Crippen LogP contribution in [-0.4, -0.2) is 42.4 Å². The lowest BCUT2D eigenvalue weighted by Crippen LogP contribution is -2.40. The minimum absolute atomic E-state index is 0.169. The van der Waals surface area contributed by atoms with E-state index in [1.165, 1.54) is 16.8 Å². The molecule has 3 aromatic rings. The van der Waals surface area contributed by atoms with E-state index in [0.717, 1.165) is 11.1 Å². The average molecular weight is 381 g/mol. The zero-order valence-electron chi connectivity index (χ0n) is 15.8. The van der Waals surface area contributed by atoms with E-state index in [2.05, 4.69) is 20.8 Å². The molecule has 0 radical (unpaired) electrons. The molecule has 0 saturated carbocycles. The first-order chi connectivity index (χ1) is 13.4. The molecule has 1 amide bonds. The summed E-state index contributed by atoms with van der Waals surface area (Å²) in [5.74, 6) is 0.0294. The Bertz CT molecular complexity index is 942. The maximum atomic E-state index is 13.0. The Morgan fingerprint density at radius 2 is 1.82 bits per heavy atom. The van der Waals surface area contributed by atoms with Crippen LogP contribution >= 0.6 is 0 Å². The Labute approximate surface area is 162 Å². The van der Waals surface area contributed by atoms with Crippen molar-refractivity contribution in [1.29, 1.82) is 0 Å². The second-order valence-corrected chi connectivity index (χ2v) is 6.81. The van der Waals surface area contributed by atoms with Gasteiger partial charge in [0.25, 0.3) is 0 Å². The van der Waals surface area contributed by atoms with Crippen molar-refractivity contribution >= 4 is 5.91 Å². The Balaban J connectivity index is 1.73. The van der Waals surface area contributed by atoms with E-state index in [4.69, 9.17) is 0 Å². The van der Waals surface area contributed by atoms with Gasteiger partial charge in [-0.2, -0.15) is 0 Å². The minimum Gasteiger partial charge on any atom is -0.504 e. The predicted molar refractivity (Wildman–Crippen MR) is 103 cm³/mol. The van der Waals surface area contributed by atoms with Crippen molar-refractivity contribution in [2.24, 2.45) is 0 Å². The van der Waals surface area contributed by atoms with E-state index >= 15 is 0 Å². The third-order valence-corrected chi connectivity index (χ3v) is 4.50. The van der Waals surface area contributed by atoms with Crippen molar-refractivity contribution in [2.45, 2.75) is 38.8 Å². The molecule has 0 aliphatic heterocycles. The molecule has 8 heteroatoms. The summed E-state index contributed by atoms with van der Waals surface area (Å²) in [5, 5.41) is 33.6. The molecule has 2 atom stereocenters. The highest BCUT2D eigenvalue weighted by atomic mass is 16.3. The Kier molecular flexibility index (Phi) is 5.88. The molecule has 2 aromatic carbocycles. The van der Waals surface area contributed by atoms with Gasteiger partial charge >= 0.3 is 0 Å². The van der Waals surface area contributed by atoms with E-state index in [9.17, 15) is 15.0 Å². The topological polar surface area (TPSA) is 113 Å². The number of tetrazole rings is 1. The fraction of sp³-hybridized carbons (Fsp3) is 0.300. The fourth-order valence-electron chi connectivity index (χ4n) is 3.09. The Morgan fingerprint density at radius 1 is 1.07 bits per heavy atom. The maximum absolute atomic E-state index is 13.0. The third-order valence-electron chi connectivity index (χ3n) is 4.50. The van der Waals surface area contributed by atoms with Crippen LogP contribution in [0.1, 0.15) is 29.9 Å². The number of carbonyl (C=O) groups is 1. The molecular formula is C20H23N5O3. The number of aromatic hydroxyl groups is 2. The molecule has 1 heterocycles. The molecule has 0 aliphatic rings. The van der Waals surface area contributed by atoms with Crippen LogP contribution < -0.4 is 5.32 Å². The average Bonchev–Trinajstić information content (AvgIpc) is 3.09. The van der Waals surface area contributed by atoms with Crippen molar-refractivity contribution in [2.75, 3.05) is 0 Å². The number of phenolic OH excluding ortho intramolecular Hbond substituents is 2. The Hall–Kier alpha value is -3.42. The van der Waals surface area contributed by atoms with Crippen LogP contribution in [0.5, 0.6) is 11.5 Å².